The number of aryl methyl sites for hydroxylation is 5. The van der Waals surface area contributed by atoms with Crippen LogP contribution < -0.4 is 10.2 Å². The van der Waals surface area contributed by atoms with Crippen molar-refractivity contribution in [2.24, 2.45) is 5.92 Å². The zero-order valence-electron chi connectivity index (χ0n) is 16.1. The molecule has 0 aliphatic carbocycles. The molecule has 1 unspecified atom stereocenters. The zero-order valence-corrected chi connectivity index (χ0v) is 16.1. The van der Waals surface area contributed by atoms with Crippen LogP contribution in [0.25, 0.3) is 0 Å². The summed E-state index contributed by atoms with van der Waals surface area (Å²) in [6.07, 6.45) is 0.253. The van der Waals surface area contributed by atoms with Gasteiger partial charge in [-0.1, -0.05) is 23.8 Å². The molecule has 3 rings (SSSR count). The first-order valence-electron chi connectivity index (χ1n) is 9.02. The van der Waals surface area contributed by atoms with Gasteiger partial charge in [0, 0.05) is 24.3 Å². The Bertz CT molecular complexity index is 842. The number of rotatable bonds is 3. The average Bonchev–Trinajstić information content (AvgIpc) is 2.87. The topological polar surface area (TPSA) is 49.4 Å². The van der Waals surface area contributed by atoms with E-state index in [0.717, 1.165) is 33.6 Å². The number of carbonyl (C=O) groups is 2. The first kappa shape index (κ1) is 18.2. The molecule has 1 aliphatic heterocycles. The molecule has 26 heavy (non-hydrogen) atoms. The summed E-state index contributed by atoms with van der Waals surface area (Å²) in [6.45, 7) is 10.5. The number of nitrogens with zero attached hydrogens (tertiary/aromatic N) is 1. The highest BCUT2D eigenvalue weighted by Gasteiger charge is 2.36. The molecule has 0 radical (unpaired) electrons. The van der Waals surface area contributed by atoms with E-state index < -0.39 is 0 Å². The van der Waals surface area contributed by atoms with Gasteiger partial charge in [0.15, 0.2) is 0 Å². The fraction of sp³-hybridized carbons (Fsp3) is 0.364. The van der Waals surface area contributed by atoms with Crippen LogP contribution in [0.2, 0.25) is 0 Å². The minimum atomic E-state index is -0.330. The van der Waals surface area contributed by atoms with Gasteiger partial charge in [0.2, 0.25) is 11.8 Å². The van der Waals surface area contributed by atoms with Crippen molar-refractivity contribution in [3.8, 4) is 0 Å². The summed E-state index contributed by atoms with van der Waals surface area (Å²) in [4.78, 5) is 27.1. The van der Waals surface area contributed by atoms with Crippen LogP contribution in [0.4, 0.5) is 11.4 Å². The predicted molar refractivity (Wildman–Crippen MR) is 106 cm³/mol. The van der Waals surface area contributed by atoms with Crippen molar-refractivity contribution >= 4 is 23.2 Å². The van der Waals surface area contributed by atoms with Crippen molar-refractivity contribution in [3.05, 3.63) is 58.1 Å². The van der Waals surface area contributed by atoms with Gasteiger partial charge >= 0.3 is 0 Å². The summed E-state index contributed by atoms with van der Waals surface area (Å²) < 4.78 is 0. The number of amides is 2. The van der Waals surface area contributed by atoms with Crippen molar-refractivity contribution in [2.75, 3.05) is 16.8 Å². The van der Waals surface area contributed by atoms with Crippen molar-refractivity contribution in [1.82, 2.24) is 0 Å². The molecular weight excluding hydrogens is 324 g/mol. The van der Waals surface area contributed by atoms with Gasteiger partial charge in [-0.3, -0.25) is 9.59 Å². The molecule has 2 amide bonds. The van der Waals surface area contributed by atoms with Gasteiger partial charge in [0.25, 0.3) is 0 Å². The Balaban J connectivity index is 1.78. The SMILES string of the molecule is Cc1cc(C)cc(NC(=O)C2CC(=O)N(c3c(C)cc(C)cc3C)C2)c1. The molecule has 136 valence electrons. The smallest absolute Gasteiger partial charge is 0.229 e. The van der Waals surface area contributed by atoms with Crippen molar-refractivity contribution in [3.63, 3.8) is 0 Å². The normalized spacial score (nSPS) is 16.9. The molecule has 1 N–H and O–H groups in total. The highest BCUT2D eigenvalue weighted by molar-refractivity contribution is 6.04. The van der Waals surface area contributed by atoms with Crippen molar-refractivity contribution in [2.45, 2.75) is 41.0 Å². The van der Waals surface area contributed by atoms with E-state index in [-0.39, 0.29) is 24.2 Å². The van der Waals surface area contributed by atoms with Gasteiger partial charge in [0.05, 0.1) is 5.92 Å². The van der Waals surface area contributed by atoms with Gasteiger partial charge in [0.1, 0.15) is 0 Å². The molecule has 1 fully saturated rings. The maximum Gasteiger partial charge on any atom is 0.229 e. The largest absolute Gasteiger partial charge is 0.326 e. The molecule has 1 heterocycles. The summed E-state index contributed by atoms with van der Waals surface area (Å²) in [6, 6.07) is 10.1. The van der Waals surface area contributed by atoms with Gasteiger partial charge in [-0.25, -0.2) is 0 Å². The summed E-state index contributed by atoms with van der Waals surface area (Å²) >= 11 is 0. The maximum absolute atomic E-state index is 12.7. The second-order valence-corrected chi connectivity index (χ2v) is 7.52. The first-order chi connectivity index (χ1) is 12.2. The van der Waals surface area contributed by atoms with E-state index in [9.17, 15) is 9.59 Å². The summed E-state index contributed by atoms with van der Waals surface area (Å²) in [5, 5.41) is 2.98. The maximum atomic E-state index is 12.7. The van der Waals surface area contributed by atoms with Gasteiger partial charge < -0.3 is 10.2 Å². The van der Waals surface area contributed by atoms with Crippen molar-refractivity contribution in [1.29, 1.82) is 0 Å². The molecule has 0 saturated carbocycles. The second-order valence-electron chi connectivity index (χ2n) is 7.52. The highest BCUT2D eigenvalue weighted by atomic mass is 16.2. The average molecular weight is 350 g/mol. The van der Waals surface area contributed by atoms with Crippen LogP contribution in [0, 0.1) is 40.5 Å². The molecule has 0 spiro atoms. The molecule has 4 nitrogen and oxygen atoms in total. The van der Waals surface area contributed by atoms with Crippen LogP contribution in [-0.2, 0) is 9.59 Å². The third-order valence-corrected chi connectivity index (χ3v) is 4.89. The minimum Gasteiger partial charge on any atom is -0.326 e. The Hall–Kier alpha value is -2.62. The Kier molecular flexibility index (Phi) is 4.86. The zero-order chi connectivity index (χ0) is 19.0. The Morgan fingerprint density at radius 3 is 2.04 bits per heavy atom. The predicted octanol–water partition coefficient (Wildman–Crippen LogP) is 4.22. The number of anilines is 2. The lowest BCUT2D eigenvalue weighted by Gasteiger charge is -2.22. The number of carbonyl (C=O) groups excluding carboxylic acids is 2. The quantitative estimate of drug-likeness (QED) is 0.901. The van der Waals surface area contributed by atoms with Crippen molar-refractivity contribution < 1.29 is 9.59 Å². The van der Waals surface area contributed by atoms with Gasteiger partial charge in [-0.05, 0) is 69.0 Å². The Labute approximate surface area is 155 Å². The fourth-order valence-electron chi connectivity index (χ4n) is 3.99. The van der Waals surface area contributed by atoms with E-state index in [0.29, 0.717) is 6.54 Å². The molecule has 1 atom stereocenters. The summed E-state index contributed by atoms with van der Waals surface area (Å²) in [5.74, 6) is -0.405. The van der Waals surface area contributed by atoms with Crippen LogP contribution in [0.15, 0.2) is 30.3 Å². The summed E-state index contributed by atoms with van der Waals surface area (Å²) in [5.41, 5.74) is 7.28. The van der Waals surface area contributed by atoms with E-state index >= 15 is 0 Å². The number of benzene rings is 2. The summed E-state index contributed by atoms with van der Waals surface area (Å²) in [7, 11) is 0. The molecule has 2 aromatic carbocycles. The number of hydrogen-bond acceptors (Lipinski definition) is 2. The minimum absolute atomic E-state index is 0.0145. The third-order valence-electron chi connectivity index (χ3n) is 4.89. The van der Waals surface area contributed by atoms with Crippen LogP contribution in [0.1, 0.15) is 34.2 Å². The first-order valence-corrected chi connectivity index (χ1v) is 9.02. The molecule has 2 aromatic rings. The van der Waals surface area contributed by atoms with Crippen LogP contribution >= 0.6 is 0 Å². The van der Waals surface area contributed by atoms with Gasteiger partial charge in [-0.15, -0.1) is 0 Å². The lowest BCUT2D eigenvalue weighted by molar-refractivity contribution is -0.122. The van der Waals surface area contributed by atoms with Crippen LogP contribution in [-0.4, -0.2) is 18.4 Å². The van der Waals surface area contributed by atoms with Crippen LogP contribution in [0.5, 0.6) is 0 Å². The number of nitrogens with one attached hydrogen (secondary N) is 1. The molecular formula is C22H26N2O2. The van der Waals surface area contributed by atoms with E-state index in [1.165, 1.54) is 5.56 Å². The molecule has 1 aliphatic rings. The fourth-order valence-corrected chi connectivity index (χ4v) is 3.99. The monoisotopic (exact) mass is 350 g/mol. The third kappa shape index (κ3) is 3.64. The van der Waals surface area contributed by atoms with Crippen LogP contribution in [0.3, 0.4) is 0 Å². The number of hydrogen-bond donors (Lipinski definition) is 1. The molecule has 0 aromatic heterocycles. The van der Waals surface area contributed by atoms with E-state index in [1.54, 1.807) is 4.90 Å². The Morgan fingerprint density at radius 1 is 0.923 bits per heavy atom. The van der Waals surface area contributed by atoms with E-state index in [2.05, 4.69) is 30.4 Å². The van der Waals surface area contributed by atoms with Gasteiger partial charge in [-0.2, -0.15) is 0 Å². The lowest BCUT2D eigenvalue weighted by Crippen LogP contribution is -2.29. The standard InChI is InChI=1S/C22H26N2O2/c1-13-6-14(2)10-19(9-13)23-22(26)18-11-20(25)24(12-18)21-16(4)7-15(3)8-17(21)5/h6-10,18H,11-12H2,1-5H3,(H,23,26). The second kappa shape index (κ2) is 6.94. The lowest BCUT2D eigenvalue weighted by atomic mass is 10.0. The molecule has 0 bridgehead atoms. The van der Waals surface area contributed by atoms with E-state index in [1.807, 2.05) is 39.8 Å². The molecule has 1 saturated heterocycles. The highest BCUT2D eigenvalue weighted by Crippen LogP contribution is 2.32. The molecule has 4 heteroatoms. The Morgan fingerprint density at radius 2 is 1.46 bits per heavy atom. The van der Waals surface area contributed by atoms with E-state index in [4.69, 9.17) is 0 Å².